The molecule has 128 valence electrons. The van der Waals surface area contributed by atoms with Gasteiger partial charge in [0.2, 0.25) is 0 Å². The van der Waals surface area contributed by atoms with Gasteiger partial charge in [0.1, 0.15) is 5.60 Å². The molecule has 1 aliphatic rings. The van der Waals surface area contributed by atoms with Gasteiger partial charge in [0.05, 0.1) is 25.7 Å². The second-order valence-corrected chi connectivity index (χ2v) is 6.35. The number of nitrogens with zero attached hydrogens (tertiary/aromatic N) is 2. The maximum absolute atomic E-state index is 12.1. The molecular weight excluding hydrogens is 288 g/mol. The van der Waals surface area contributed by atoms with E-state index in [0.717, 1.165) is 0 Å². The van der Waals surface area contributed by atoms with Gasteiger partial charge in [-0.05, 0) is 27.7 Å². The molecule has 0 saturated carbocycles. The van der Waals surface area contributed by atoms with Gasteiger partial charge in [0, 0.05) is 26.2 Å². The number of amides is 1. The molecule has 1 fully saturated rings. The number of aliphatic hydroxyl groups excluding tert-OH is 1. The van der Waals surface area contributed by atoms with Crippen molar-refractivity contribution < 1.29 is 24.2 Å². The molecule has 0 aromatic carbocycles. The lowest BCUT2D eigenvalue weighted by Crippen LogP contribution is -2.57. The first kappa shape index (κ1) is 18.7. The number of ether oxygens (including phenoxy) is 2. The Bertz CT molecular complexity index is 381. The Morgan fingerprint density at radius 3 is 2.50 bits per heavy atom. The van der Waals surface area contributed by atoms with Crippen LogP contribution in [0.3, 0.4) is 0 Å². The third-order valence-electron chi connectivity index (χ3n) is 3.38. The Morgan fingerprint density at radius 2 is 1.95 bits per heavy atom. The van der Waals surface area contributed by atoms with E-state index in [1.807, 2.05) is 25.7 Å². The normalized spacial score (nSPS) is 19.9. The van der Waals surface area contributed by atoms with Crippen LogP contribution in [0.4, 0.5) is 4.79 Å². The highest BCUT2D eigenvalue weighted by atomic mass is 16.6. The highest BCUT2D eigenvalue weighted by Crippen LogP contribution is 2.15. The fourth-order valence-electron chi connectivity index (χ4n) is 2.32. The molecule has 0 aliphatic carbocycles. The molecule has 1 N–H and O–H groups in total. The van der Waals surface area contributed by atoms with Crippen molar-refractivity contribution in [1.29, 1.82) is 0 Å². The lowest BCUT2D eigenvalue weighted by Gasteiger charge is -2.40. The fourth-order valence-corrected chi connectivity index (χ4v) is 2.32. The van der Waals surface area contributed by atoms with Crippen molar-refractivity contribution >= 4 is 12.1 Å². The van der Waals surface area contributed by atoms with Crippen molar-refractivity contribution in [2.75, 3.05) is 39.4 Å². The van der Waals surface area contributed by atoms with Gasteiger partial charge in [0.15, 0.2) is 0 Å². The van der Waals surface area contributed by atoms with E-state index in [1.165, 1.54) is 0 Å². The van der Waals surface area contributed by atoms with E-state index in [-0.39, 0.29) is 31.1 Å². The highest BCUT2D eigenvalue weighted by molar-refractivity contribution is 5.69. The van der Waals surface area contributed by atoms with Gasteiger partial charge in [-0.1, -0.05) is 0 Å². The number of hydrogen-bond donors (Lipinski definition) is 1. The van der Waals surface area contributed by atoms with Crippen molar-refractivity contribution in [3.05, 3.63) is 0 Å². The Morgan fingerprint density at radius 1 is 1.27 bits per heavy atom. The molecule has 0 spiro atoms. The average molecular weight is 316 g/mol. The van der Waals surface area contributed by atoms with Gasteiger partial charge < -0.3 is 19.5 Å². The van der Waals surface area contributed by atoms with Gasteiger partial charge in [0.25, 0.3) is 0 Å². The second kappa shape index (κ2) is 8.33. The molecule has 1 atom stereocenters. The predicted octanol–water partition coefficient (Wildman–Crippen LogP) is 0.853. The van der Waals surface area contributed by atoms with Gasteiger partial charge in [-0.25, -0.2) is 4.79 Å². The summed E-state index contributed by atoms with van der Waals surface area (Å²) in [4.78, 5) is 27.1. The number of piperazine rings is 1. The summed E-state index contributed by atoms with van der Waals surface area (Å²) in [5.74, 6) is -0.242. The summed E-state index contributed by atoms with van der Waals surface area (Å²) < 4.78 is 10.3. The van der Waals surface area contributed by atoms with Crippen LogP contribution in [0.15, 0.2) is 0 Å². The molecular formula is C15H28N2O5. The quantitative estimate of drug-likeness (QED) is 0.758. The van der Waals surface area contributed by atoms with Crippen molar-refractivity contribution in [2.45, 2.75) is 45.8 Å². The van der Waals surface area contributed by atoms with Gasteiger partial charge in [-0.15, -0.1) is 0 Å². The number of rotatable bonds is 5. The Hall–Kier alpha value is -1.34. The molecule has 1 saturated heterocycles. The Kier molecular flexibility index (Phi) is 7.09. The lowest BCUT2D eigenvalue weighted by molar-refractivity contribution is -0.143. The van der Waals surface area contributed by atoms with Crippen LogP contribution < -0.4 is 0 Å². The minimum Gasteiger partial charge on any atom is -0.466 e. The van der Waals surface area contributed by atoms with Crippen LogP contribution in [-0.2, 0) is 14.3 Å². The highest BCUT2D eigenvalue weighted by Gasteiger charge is 2.31. The van der Waals surface area contributed by atoms with Gasteiger partial charge in [-0.2, -0.15) is 0 Å². The molecule has 22 heavy (non-hydrogen) atoms. The van der Waals surface area contributed by atoms with E-state index >= 15 is 0 Å². The van der Waals surface area contributed by atoms with E-state index in [9.17, 15) is 14.7 Å². The number of carbonyl (C=O) groups excluding carboxylic acids is 2. The lowest BCUT2D eigenvalue weighted by atomic mass is 10.1. The van der Waals surface area contributed by atoms with Crippen LogP contribution in [0, 0.1) is 0 Å². The summed E-state index contributed by atoms with van der Waals surface area (Å²) in [6.45, 7) is 9.58. The minimum absolute atomic E-state index is 0.0673. The van der Waals surface area contributed by atoms with Crippen molar-refractivity contribution in [3.8, 4) is 0 Å². The largest absolute Gasteiger partial charge is 0.466 e. The van der Waals surface area contributed by atoms with E-state index in [2.05, 4.69) is 0 Å². The monoisotopic (exact) mass is 316 g/mol. The molecule has 7 heteroatoms. The molecule has 1 amide bonds. The smallest absolute Gasteiger partial charge is 0.410 e. The van der Waals surface area contributed by atoms with Gasteiger partial charge in [-0.3, -0.25) is 9.69 Å². The van der Waals surface area contributed by atoms with Gasteiger partial charge >= 0.3 is 12.1 Å². The van der Waals surface area contributed by atoms with Crippen LogP contribution in [-0.4, -0.2) is 78.0 Å². The summed E-state index contributed by atoms with van der Waals surface area (Å²) in [7, 11) is 0. The fraction of sp³-hybridized carbons (Fsp3) is 0.867. The second-order valence-electron chi connectivity index (χ2n) is 6.35. The molecule has 0 unspecified atom stereocenters. The van der Waals surface area contributed by atoms with E-state index in [0.29, 0.717) is 32.8 Å². The summed E-state index contributed by atoms with van der Waals surface area (Å²) in [5, 5.41) is 9.53. The molecule has 1 aliphatic heterocycles. The molecule has 0 aromatic heterocycles. The van der Waals surface area contributed by atoms with Crippen LogP contribution >= 0.6 is 0 Å². The Balaban J connectivity index is 2.49. The van der Waals surface area contributed by atoms with Crippen LogP contribution in [0.1, 0.15) is 34.1 Å². The van der Waals surface area contributed by atoms with Crippen molar-refractivity contribution in [3.63, 3.8) is 0 Å². The summed E-state index contributed by atoms with van der Waals surface area (Å²) in [6.07, 6.45) is -0.0764. The van der Waals surface area contributed by atoms with Crippen LogP contribution in [0.2, 0.25) is 0 Å². The van der Waals surface area contributed by atoms with Crippen LogP contribution in [0.25, 0.3) is 0 Å². The topological polar surface area (TPSA) is 79.3 Å². The molecule has 0 radical (unpaired) electrons. The number of carbonyl (C=O) groups is 2. The van der Waals surface area contributed by atoms with Crippen LogP contribution in [0.5, 0.6) is 0 Å². The predicted molar refractivity (Wildman–Crippen MR) is 81.5 cm³/mol. The SMILES string of the molecule is CCOC(=O)CCN1CCN(C(=O)OC(C)(C)C)C[C@H]1CO. The maximum atomic E-state index is 12.1. The van der Waals surface area contributed by atoms with E-state index < -0.39 is 5.60 Å². The Labute approximate surface area is 132 Å². The summed E-state index contributed by atoms with van der Waals surface area (Å²) in [6, 6.07) is -0.185. The standard InChI is InChI=1S/C15H28N2O5/c1-5-21-13(19)6-7-16-8-9-17(10-12(16)11-18)14(20)22-15(2,3)4/h12,18H,5-11H2,1-4H3/t12-/m0/s1. The van der Waals surface area contributed by atoms with E-state index in [1.54, 1.807) is 11.8 Å². The number of aliphatic hydroxyl groups is 1. The molecule has 0 bridgehead atoms. The molecule has 0 aromatic rings. The molecule has 1 heterocycles. The first-order chi connectivity index (χ1) is 10.3. The van der Waals surface area contributed by atoms with Crippen molar-refractivity contribution in [2.24, 2.45) is 0 Å². The summed E-state index contributed by atoms with van der Waals surface area (Å²) in [5.41, 5.74) is -0.535. The zero-order chi connectivity index (χ0) is 16.8. The zero-order valence-electron chi connectivity index (χ0n) is 14.0. The average Bonchev–Trinajstić information content (AvgIpc) is 2.43. The zero-order valence-corrected chi connectivity index (χ0v) is 14.0. The number of hydrogen-bond acceptors (Lipinski definition) is 6. The minimum atomic E-state index is -0.535. The van der Waals surface area contributed by atoms with Crippen molar-refractivity contribution in [1.82, 2.24) is 9.80 Å². The maximum Gasteiger partial charge on any atom is 0.410 e. The molecule has 7 nitrogen and oxygen atoms in total. The summed E-state index contributed by atoms with van der Waals surface area (Å²) >= 11 is 0. The third kappa shape index (κ3) is 6.19. The first-order valence-electron chi connectivity index (χ1n) is 7.75. The first-order valence-corrected chi connectivity index (χ1v) is 7.75. The number of esters is 1. The third-order valence-corrected chi connectivity index (χ3v) is 3.38. The van der Waals surface area contributed by atoms with E-state index in [4.69, 9.17) is 9.47 Å². The molecule has 1 rings (SSSR count).